The Balaban J connectivity index is 0.000000555. The quantitative estimate of drug-likeness (QED) is 0.401. The maximum Gasteiger partial charge on any atom is 0.341 e. The predicted octanol–water partition coefficient (Wildman–Crippen LogP) is 0.613. The lowest BCUT2D eigenvalue weighted by atomic mass is 10.1. The van der Waals surface area contributed by atoms with Crippen LogP contribution in [-0.4, -0.2) is 71.8 Å². The van der Waals surface area contributed by atoms with Crippen LogP contribution in [0.3, 0.4) is 0 Å². The number of carbonyl (C=O) groups is 1. The standard InChI is InChI=1S/C18H20FN5O4.CH4O3S/c1-28-22-9-4-11(6-20)23(7-9)17-14(19)5-12-15(25)13(18(26)27)8-24(10-2-3-10)16(12)21-17;1-5(2,3)4/h5,8,10-11H,2-4,6-7,20H2,1H3,(H,26,27);1H3,(H,2,3,4)/b22-9-;. The molecule has 0 amide bonds. The smallest absolute Gasteiger partial charge is 0.341 e. The van der Waals surface area contributed by atoms with E-state index in [1.54, 1.807) is 9.47 Å². The number of pyridine rings is 2. The lowest BCUT2D eigenvalue weighted by Gasteiger charge is -2.25. The molecule has 3 heterocycles. The number of nitrogens with zero attached hydrogens (tertiary/aromatic N) is 4. The Bertz CT molecular complexity index is 1270. The molecule has 2 aromatic heterocycles. The lowest BCUT2D eigenvalue weighted by Crippen LogP contribution is -2.36. The van der Waals surface area contributed by atoms with Crippen LogP contribution in [0.5, 0.6) is 0 Å². The first-order chi connectivity index (χ1) is 15.4. The van der Waals surface area contributed by atoms with Crippen LogP contribution >= 0.6 is 0 Å². The summed E-state index contributed by atoms with van der Waals surface area (Å²) in [5.74, 6) is -1.97. The normalized spacial score (nSPS) is 19.5. The highest BCUT2D eigenvalue weighted by Crippen LogP contribution is 2.37. The van der Waals surface area contributed by atoms with E-state index < -0.39 is 27.3 Å². The minimum absolute atomic E-state index is 0.0395. The van der Waals surface area contributed by atoms with E-state index >= 15 is 0 Å². The van der Waals surface area contributed by atoms with Gasteiger partial charge in [-0.3, -0.25) is 9.35 Å². The van der Waals surface area contributed by atoms with E-state index in [1.807, 2.05) is 0 Å². The summed E-state index contributed by atoms with van der Waals surface area (Å²) >= 11 is 0. The molecule has 4 rings (SSSR count). The molecule has 1 aliphatic carbocycles. The van der Waals surface area contributed by atoms with Gasteiger partial charge in [0, 0.05) is 31.2 Å². The molecule has 1 saturated heterocycles. The molecular weight excluding hydrogens is 461 g/mol. The molecule has 0 aromatic carbocycles. The van der Waals surface area contributed by atoms with E-state index in [1.165, 1.54) is 13.3 Å². The first kappa shape index (κ1) is 24.5. The second-order valence-electron chi connectivity index (χ2n) is 7.78. The number of oxime groups is 1. The zero-order valence-corrected chi connectivity index (χ0v) is 18.7. The summed E-state index contributed by atoms with van der Waals surface area (Å²) in [4.78, 5) is 34.9. The van der Waals surface area contributed by atoms with Gasteiger partial charge in [0.05, 0.1) is 23.9 Å². The fourth-order valence-corrected chi connectivity index (χ4v) is 3.65. The largest absolute Gasteiger partial charge is 0.477 e. The van der Waals surface area contributed by atoms with Crippen molar-refractivity contribution in [3.63, 3.8) is 0 Å². The molecule has 1 aliphatic heterocycles. The SMILES string of the molecule is CO/N=C1/CC(CN)N(c2nc3c(cc2F)c(=O)c(C(=O)O)cn3C2CC2)C1.CS(=O)(=O)O. The van der Waals surface area contributed by atoms with Crippen molar-refractivity contribution in [1.29, 1.82) is 0 Å². The minimum Gasteiger partial charge on any atom is -0.477 e. The molecule has 2 aliphatic rings. The number of hydrogen-bond acceptors (Lipinski definition) is 9. The van der Waals surface area contributed by atoms with Crippen LogP contribution in [0.25, 0.3) is 11.0 Å². The number of carboxylic acid groups (broad SMARTS) is 1. The molecule has 2 fully saturated rings. The number of halogens is 1. The minimum atomic E-state index is -3.67. The Morgan fingerprint density at radius 1 is 1.42 bits per heavy atom. The number of anilines is 1. The summed E-state index contributed by atoms with van der Waals surface area (Å²) in [6.45, 7) is 0.585. The fourth-order valence-electron chi connectivity index (χ4n) is 3.65. The molecule has 0 bridgehead atoms. The second-order valence-corrected chi connectivity index (χ2v) is 9.24. The van der Waals surface area contributed by atoms with Gasteiger partial charge in [-0.15, -0.1) is 0 Å². The van der Waals surface area contributed by atoms with E-state index in [9.17, 15) is 27.5 Å². The van der Waals surface area contributed by atoms with Crippen LogP contribution in [0, 0.1) is 5.82 Å². The number of carboxylic acids is 1. The van der Waals surface area contributed by atoms with Crippen LogP contribution in [-0.2, 0) is 15.0 Å². The molecule has 1 saturated carbocycles. The Morgan fingerprint density at radius 3 is 2.58 bits per heavy atom. The highest BCUT2D eigenvalue weighted by atomic mass is 32.2. The summed E-state index contributed by atoms with van der Waals surface area (Å²) in [6.07, 6.45) is 4.25. The van der Waals surface area contributed by atoms with Gasteiger partial charge < -0.3 is 25.1 Å². The van der Waals surface area contributed by atoms with E-state index in [0.717, 1.165) is 24.6 Å². The number of aromatic nitrogens is 2. The molecule has 2 aromatic rings. The molecule has 0 radical (unpaired) electrons. The highest BCUT2D eigenvalue weighted by molar-refractivity contribution is 7.85. The van der Waals surface area contributed by atoms with Crippen LogP contribution < -0.4 is 16.1 Å². The van der Waals surface area contributed by atoms with Gasteiger partial charge in [-0.05, 0) is 18.9 Å². The number of nitrogens with two attached hydrogens (primary N) is 1. The van der Waals surface area contributed by atoms with Gasteiger partial charge in [-0.2, -0.15) is 8.42 Å². The molecule has 1 atom stereocenters. The third kappa shape index (κ3) is 5.64. The number of aromatic carboxylic acids is 1. The van der Waals surface area contributed by atoms with Crippen molar-refractivity contribution in [1.82, 2.24) is 9.55 Å². The second kappa shape index (κ2) is 9.41. The molecule has 14 heteroatoms. The van der Waals surface area contributed by atoms with Crippen molar-refractivity contribution >= 4 is 38.7 Å². The summed E-state index contributed by atoms with van der Waals surface area (Å²) in [5, 5.41) is 13.2. The summed E-state index contributed by atoms with van der Waals surface area (Å²) < 4.78 is 42.5. The van der Waals surface area contributed by atoms with Gasteiger partial charge in [0.2, 0.25) is 5.43 Å². The zero-order chi connectivity index (χ0) is 24.5. The molecular formula is C19H24FN5O7S. The number of hydrogen-bond donors (Lipinski definition) is 3. The van der Waals surface area contributed by atoms with E-state index in [4.69, 9.17) is 15.1 Å². The summed E-state index contributed by atoms with van der Waals surface area (Å²) in [7, 11) is -2.23. The summed E-state index contributed by atoms with van der Waals surface area (Å²) in [6, 6.07) is 0.930. The Morgan fingerprint density at radius 2 is 2.06 bits per heavy atom. The van der Waals surface area contributed by atoms with E-state index in [-0.39, 0.29) is 41.0 Å². The summed E-state index contributed by atoms with van der Waals surface area (Å²) in [5.41, 5.74) is 5.72. The number of fused-ring (bicyclic) bond motifs is 1. The van der Waals surface area contributed by atoms with Crippen LogP contribution in [0.15, 0.2) is 22.2 Å². The Labute approximate surface area is 188 Å². The third-order valence-corrected chi connectivity index (χ3v) is 5.14. The van der Waals surface area contributed by atoms with Crippen molar-refractivity contribution in [2.24, 2.45) is 10.9 Å². The monoisotopic (exact) mass is 485 g/mol. The molecule has 12 nitrogen and oxygen atoms in total. The average molecular weight is 485 g/mol. The van der Waals surface area contributed by atoms with E-state index in [2.05, 4.69) is 10.1 Å². The first-order valence-electron chi connectivity index (χ1n) is 9.91. The third-order valence-electron chi connectivity index (χ3n) is 5.14. The van der Waals surface area contributed by atoms with Crippen molar-refractivity contribution in [3.8, 4) is 0 Å². The van der Waals surface area contributed by atoms with Gasteiger partial charge in [0.25, 0.3) is 10.1 Å². The molecule has 0 spiro atoms. The van der Waals surface area contributed by atoms with Gasteiger partial charge in [-0.1, -0.05) is 5.16 Å². The highest BCUT2D eigenvalue weighted by Gasteiger charge is 2.33. The van der Waals surface area contributed by atoms with Crippen LogP contribution in [0.2, 0.25) is 0 Å². The molecule has 4 N–H and O–H groups in total. The Hall–Kier alpha value is -3.10. The van der Waals surface area contributed by atoms with Crippen LogP contribution in [0.4, 0.5) is 10.2 Å². The average Bonchev–Trinajstić information content (AvgIpc) is 3.47. The van der Waals surface area contributed by atoms with E-state index in [0.29, 0.717) is 19.2 Å². The van der Waals surface area contributed by atoms with Gasteiger partial charge in [0.15, 0.2) is 11.6 Å². The first-order valence-corrected chi connectivity index (χ1v) is 11.8. The molecule has 33 heavy (non-hydrogen) atoms. The fraction of sp³-hybridized carbons (Fsp3) is 0.474. The maximum absolute atomic E-state index is 14.9. The zero-order valence-electron chi connectivity index (χ0n) is 17.9. The molecule has 180 valence electrons. The lowest BCUT2D eigenvalue weighted by molar-refractivity contribution is 0.0694. The van der Waals surface area contributed by atoms with Crippen molar-refractivity contribution in [3.05, 3.63) is 33.9 Å². The predicted molar refractivity (Wildman–Crippen MR) is 118 cm³/mol. The maximum atomic E-state index is 14.9. The van der Waals surface area contributed by atoms with Gasteiger partial charge >= 0.3 is 5.97 Å². The van der Waals surface area contributed by atoms with Crippen LogP contribution in [0.1, 0.15) is 35.7 Å². The van der Waals surface area contributed by atoms with Crippen molar-refractivity contribution in [2.45, 2.75) is 31.3 Å². The van der Waals surface area contributed by atoms with Crippen molar-refractivity contribution in [2.75, 3.05) is 31.4 Å². The van der Waals surface area contributed by atoms with Gasteiger partial charge in [0.1, 0.15) is 18.3 Å². The van der Waals surface area contributed by atoms with Crippen molar-refractivity contribution < 1.29 is 32.1 Å². The topological polar surface area (TPSA) is 177 Å². The Kier molecular flexibility index (Phi) is 7.00. The van der Waals surface area contributed by atoms with Gasteiger partial charge in [-0.25, -0.2) is 14.2 Å². The molecule has 1 unspecified atom stereocenters. The number of rotatable bonds is 5.